The Morgan fingerprint density at radius 1 is 1.25 bits per heavy atom. The molecule has 1 aromatic rings. The molecule has 1 aliphatic rings. The number of carbonyl (C=O) groups is 2. The summed E-state index contributed by atoms with van der Waals surface area (Å²) in [5.41, 5.74) is 0.776. The Labute approximate surface area is 117 Å². The molecule has 1 fully saturated rings. The van der Waals surface area contributed by atoms with Crippen molar-refractivity contribution in [2.45, 2.75) is 12.8 Å². The summed E-state index contributed by atoms with van der Waals surface area (Å²) in [5, 5.41) is 18.0. The Balaban J connectivity index is 1.98. The summed E-state index contributed by atoms with van der Waals surface area (Å²) in [5.74, 6) is -0.695. The fraction of sp³-hybridized carbons (Fsp3) is 0.333. The molecule has 1 aromatic carbocycles. The van der Waals surface area contributed by atoms with E-state index in [-0.39, 0.29) is 18.2 Å². The van der Waals surface area contributed by atoms with Gasteiger partial charge >= 0.3 is 5.97 Å². The summed E-state index contributed by atoms with van der Waals surface area (Å²) < 4.78 is 0. The zero-order chi connectivity index (χ0) is 14.5. The molecule has 2 N–H and O–H groups in total. The largest absolute Gasteiger partial charge is 0.508 e. The van der Waals surface area contributed by atoms with E-state index in [1.165, 1.54) is 23.1 Å². The van der Waals surface area contributed by atoms with Crippen LogP contribution in [0.2, 0.25) is 0 Å². The summed E-state index contributed by atoms with van der Waals surface area (Å²) in [6, 6.07) is 6.43. The third kappa shape index (κ3) is 4.42. The van der Waals surface area contributed by atoms with E-state index >= 15 is 0 Å². The number of benzene rings is 1. The number of phenolic OH excluding ortho intramolecular Hbond substituents is 1. The fourth-order valence-corrected chi connectivity index (χ4v) is 1.87. The smallest absolute Gasteiger partial charge is 0.323 e. The van der Waals surface area contributed by atoms with Gasteiger partial charge in [0.2, 0.25) is 5.91 Å². The molecule has 0 unspecified atom stereocenters. The molecular weight excluding hydrogens is 258 g/mol. The zero-order valence-electron chi connectivity index (χ0n) is 11.0. The molecule has 0 radical (unpaired) electrons. The predicted molar refractivity (Wildman–Crippen MR) is 74.1 cm³/mol. The zero-order valence-corrected chi connectivity index (χ0v) is 11.0. The van der Waals surface area contributed by atoms with Gasteiger partial charge in [-0.3, -0.25) is 9.59 Å². The third-order valence-electron chi connectivity index (χ3n) is 3.12. The maximum absolute atomic E-state index is 12.0. The second kappa shape index (κ2) is 6.23. The normalized spacial score (nSPS) is 14.4. The number of carboxylic acid groups (broad SMARTS) is 1. The number of carbonyl (C=O) groups excluding carboxylic acids is 1. The first kappa shape index (κ1) is 14.1. The molecule has 2 rings (SSSR count). The van der Waals surface area contributed by atoms with E-state index in [9.17, 15) is 9.59 Å². The number of hydrogen-bond acceptors (Lipinski definition) is 3. The number of aromatic hydroxyl groups is 1. The van der Waals surface area contributed by atoms with Crippen LogP contribution in [-0.4, -0.2) is 40.1 Å². The molecule has 0 aliphatic heterocycles. The van der Waals surface area contributed by atoms with Crippen molar-refractivity contribution in [1.29, 1.82) is 0 Å². The van der Waals surface area contributed by atoms with Gasteiger partial charge in [0.05, 0.1) is 0 Å². The van der Waals surface area contributed by atoms with Gasteiger partial charge in [0.25, 0.3) is 0 Å². The van der Waals surface area contributed by atoms with E-state index in [2.05, 4.69) is 0 Å². The highest BCUT2D eigenvalue weighted by Gasteiger charge is 2.26. The fourth-order valence-electron chi connectivity index (χ4n) is 1.87. The molecule has 5 heteroatoms. The van der Waals surface area contributed by atoms with E-state index in [0.29, 0.717) is 12.5 Å². The molecule has 5 nitrogen and oxygen atoms in total. The first-order chi connectivity index (χ1) is 9.54. The van der Waals surface area contributed by atoms with Gasteiger partial charge in [-0.15, -0.1) is 0 Å². The molecule has 1 aliphatic carbocycles. The second-order valence-corrected chi connectivity index (χ2v) is 4.98. The van der Waals surface area contributed by atoms with E-state index < -0.39 is 5.97 Å². The number of aliphatic carboxylic acids is 1. The number of phenols is 1. The Hall–Kier alpha value is -2.30. The Bertz CT molecular complexity index is 517. The minimum Gasteiger partial charge on any atom is -0.508 e. The van der Waals surface area contributed by atoms with E-state index in [4.69, 9.17) is 10.2 Å². The Kier molecular flexibility index (Phi) is 4.40. The minimum absolute atomic E-state index is 0.162. The molecule has 1 amide bonds. The van der Waals surface area contributed by atoms with Crippen LogP contribution in [0, 0.1) is 5.92 Å². The average Bonchev–Trinajstić information content (AvgIpc) is 3.20. The van der Waals surface area contributed by atoms with Crippen LogP contribution in [0.1, 0.15) is 18.4 Å². The summed E-state index contributed by atoms with van der Waals surface area (Å²) in [4.78, 5) is 24.1. The standard InChI is InChI=1S/C15H17NO4/c17-13-6-3-11(4-7-13)5-8-14(18)16(10-15(19)20)9-12-1-2-12/h3-8,12,17H,1-2,9-10H2,(H,19,20)/b8-5+. The molecule has 0 saturated heterocycles. The number of carboxylic acids is 1. The molecule has 0 heterocycles. The van der Waals surface area contributed by atoms with Crippen LogP contribution in [0.15, 0.2) is 30.3 Å². The maximum atomic E-state index is 12.0. The summed E-state index contributed by atoms with van der Waals surface area (Å²) in [7, 11) is 0. The number of nitrogens with zero attached hydrogens (tertiary/aromatic N) is 1. The SMILES string of the molecule is O=C(O)CN(CC1CC1)C(=O)/C=C/c1ccc(O)cc1. The quantitative estimate of drug-likeness (QED) is 0.775. The van der Waals surface area contributed by atoms with E-state index in [0.717, 1.165) is 18.4 Å². The topological polar surface area (TPSA) is 77.8 Å². The van der Waals surface area contributed by atoms with Gasteiger partial charge in [-0.05, 0) is 42.5 Å². The van der Waals surface area contributed by atoms with Crippen molar-refractivity contribution in [2.75, 3.05) is 13.1 Å². The van der Waals surface area contributed by atoms with Gasteiger partial charge < -0.3 is 15.1 Å². The van der Waals surface area contributed by atoms with Gasteiger partial charge in [0.15, 0.2) is 0 Å². The number of amides is 1. The van der Waals surface area contributed by atoms with Crippen molar-refractivity contribution in [3.05, 3.63) is 35.9 Å². The number of hydrogen-bond donors (Lipinski definition) is 2. The predicted octanol–water partition coefficient (Wildman–Crippen LogP) is 1.73. The van der Waals surface area contributed by atoms with Gasteiger partial charge in [0, 0.05) is 12.6 Å². The molecule has 106 valence electrons. The first-order valence-corrected chi connectivity index (χ1v) is 6.52. The monoisotopic (exact) mass is 275 g/mol. The van der Waals surface area contributed by atoms with Crippen molar-refractivity contribution in [3.63, 3.8) is 0 Å². The van der Waals surface area contributed by atoms with Gasteiger partial charge in [0.1, 0.15) is 12.3 Å². The van der Waals surface area contributed by atoms with Gasteiger partial charge in [-0.1, -0.05) is 12.1 Å². The highest BCUT2D eigenvalue weighted by Crippen LogP contribution is 2.29. The molecule has 0 atom stereocenters. The lowest BCUT2D eigenvalue weighted by Crippen LogP contribution is -2.36. The van der Waals surface area contributed by atoms with Crippen molar-refractivity contribution < 1.29 is 19.8 Å². The Morgan fingerprint density at radius 2 is 1.90 bits per heavy atom. The highest BCUT2D eigenvalue weighted by molar-refractivity contribution is 5.93. The van der Waals surface area contributed by atoms with Crippen LogP contribution < -0.4 is 0 Å². The van der Waals surface area contributed by atoms with Crippen molar-refractivity contribution in [1.82, 2.24) is 4.90 Å². The summed E-state index contributed by atoms with van der Waals surface area (Å²) >= 11 is 0. The molecule has 0 aromatic heterocycles. The second-order valence-electron chi connectivity index (χ2n) is 4.98. The molecule has 0 bridgehead atoms. The summed E-state index contributed by atoms with van der Waals surface area (Å²) in [6.45, 7) is 0.236. The molecule has 1 saturated carbocycles. The van der Waals surface area contributed by atoms with Crippen LogP contribution in [-0.2, 0) is 9.59 Å². The van der Waals surface area contributed by atoms with Crippen molar-refractivity contribution in [3.8, 4) is 5.75 Å². The highest BCUT2D eigenvalue weighted by atomic mass is 16.4. The van der Waals surface area contributed by atoms with Crippen LogP contribution >= 0.6 is 0 Å². The maximum Gasteiger partial charge on any atom is 0.323 e. The molecule has 20 heavy (non-hydrogen) atoms. The third-order valence-corrected chi connectivity index (χ3v) is 3.12. The van der Waals surface area contributed by atoms with Gasteiger partial charge in [-0.25, -0.2) is 0 Å². The lowest BCUT2D eigenvalue weighted by atomic mass is 10.2. The minimum atomic E-state index is -1.00. The lowest BCUT2D eigenvalue weighted by Gasteiger charge is -2.18. The summed E-state index contributed by atoms with van der Waals surface area (Å²) in [6.07, 6.45) is 5.11. The Morgan fingerprint density at radius 3 is 2.45 bits per heavy atom. The van der Waals surface area contributed by atoms with Crippen LogP contribution in [0.25, 0.3) is 6.08 Å². The first-order valence-electron chi connectivity index (χ1n) is 6.52. The van der Waals surface area contributed by atoms with Crippen molar-refractivity contribution >= 4 is 18.0 Å². The number of rotatable bonds is 6. The van der Waals surface area contributed by atoms with Gasteiger partial charge in [-0.2, -0.15) is 0 Å². The average molecular weight is 275 g/mol. The van der Waals surface area contributed by atoms with Crippen LogP contribution in [0.4, 0.5) is 0 Å². The van der Waals surface area contributed by atoms with E-state index in [1.807, 2.05) is 0 Å². The van der Waals surface area contributed by atoms with Crippen molar-refractivity contribution in [2.24, 2.45) is 5.92 Å². The molecule has 0 spiro atoms. The lowest BCUT2D eigenvalue weighted by molar-refractivity contribution is -0.142. The van der Waals surface area contributed by atoms with Crippen LogP contribution in [0.5, 0.6) is 5.75 Å². The molecular formula is C15H17NO4. The van der Waals surface area contributed by atoms with E-state index in [1.54, 1.807) is 18.2 Å². The van der Waals surface area contributed by atoms with Crippen LogP contribution in [0.3, 0.4) is 0 Å².